The molecule has 2 bridgehead atoms. The van der Waals surface area contributed by atoms with E-state index >= 15 is 0 Å². The van der Waals surface area contributed by atoms with Crippen LogP contribution >= 0.6 is 23.1 Å². The van der Waals surface area contributed by atoms with E-state index in [1.807, 2.05) is 0 Å². The molecule has 3 fully saturated rings. The second kappa shape index (κ2) is 13.2. The molecule has 0 spiro atoms. The van der Waals surface area contributed by atoms with Crippen LogP contribution in [0.5, 0.6) is 11.5 Å². The summed E-state index contributed by atoms with van der Waals surface area (Å²) in [5.41, 5.74) is -2.31. The molecule has 3 amide bonds. The quantitative estimate of drug-likeness (QED) is 0.140. The van der Waals surface area contributed by atoms with Gasteiger partial charge in [0.1, 0.15) is 0 Å². The largest absolute Gasteiger partial charge is 0.490 e. The smallest absolute Gasteiger partial charge is 0.418 e. The number of carbonyl (C=O) groups excluding carboxylic acids is 3. The third-order valence-electron chi connectivity index (χ3n) is 10.7. The first-order valence-corrected chi connectivity index (χ1v) is 18.7. The highest BCUT2D eigenvalue weighted by Gasteiger charge is 2.70. The molecule has 4 unspecified atom stereocenters. The van der Waals surface area contributed by atoms with E-state index in [2.05, 4.69) is 10.3 Å². The summed E-state index contributed by atoms with van der Waals surface area (Å²) in [6.07, 6.45) is -8.98. The number of benzene rings is 3. The minimum atomic E-state index is -4.79. The molecule has 9 nitrogen and oxygen atoms in total. The van der Waals surface area contributed by atoms with Gasteiger partial charge in [-0.2, -0.15) is 26.3 Å². The molecule has 282 valence electrons. The molecule has 3 aromatic carbocycles. The highest BCUT2D eigenvalue weighted by Crippen LogP contribution is 2.69. The van der Waals surface area contributed by atoms with Crippen molar-refractivity contribution >= 4 is 52.2 Å². The fraction of sp³-hybridized carbons (Fsp3) is 0.351. The number of amides is 3. The number of halogens is 6. The van der Waals surface area contributed by atoms with Gasteiger partial charge >= 0.3 is 17.2 Å². The summed E-state index contributed by atoms with van der Waals surface area (Å²) in [5.74, 6) is -4.95. The molecular formula is C37H29F6N3O6S2. The summed E-state index contributed by atoms with van der Waals surface area (Å²) < 4.78 is 94.1. The molecule has 2 aliphatic carbocycles. The number of thioether (sulfide) groups is 1. The summed E-state index contributed by atoms with van der Waals surface area (Å²) in [5, 5.41) is 2.60. The van der Waals surface area contributed by atoms with Gasteiger partial charge in [-0.1, -0.05) is 41.7 Å². The zero-order valence-electron chi connectivity index (χ0n) is 28.0. The molecule has 2 aliphatic heterocycles. The highest BCUT2D eigenvalue weighted by atomic mass is 32.2. The van der Waals surface area contributed by atoms with Gasteiger partial charge in [-0.15, -0.1) is 11.8 Å². The molecular weight excluding hydrogens is 761 g/mol. The van der Waals surface area contributed by atoms with E-state index in [0.29, 0.717) is 26.8 Å². The third-order valence-corrected chi connectivity index (χ3v) is 13.3. The monoisotopic (exact) mass is 789 g/mol. The summed E-state index contributed by atoms with van der Waals surface area (Å²) in [4.78, 5) is 57.5. The maximum absolute atomic E-state index is 14.1. The Balaban J connectivity index is 1.10. The normalized spacial score (nSPS) is 25.7. The SMILES string of the molecule is CCOc1cc([C@H]2c3sc(=O)[nH]c3SC3C2[C@H]2C[C@@H]3C3C(=O)N(c4ccccc4C(F)(F)F)C(=O)C32)ccc1OCC(=O)Nc1ccccc1C(F)(F)F. The molecule has 1 saturated heterocycles. The summed E-state index contributed by atoms with van der Waals surface area (Å²) >= 11 is 2.44. The van der Waals surface area contributed by atoms with Crippen molar-refractivity contribution in [3.05, 3.63) is 98.0 Å². The van der Waals surface area contributed by atoms with E-state index in [1.54, 1.807) is 25.1 Å². The average Bonchev–Trinajstić information content (AvgIpc) is 3.86. The number of ether oxygens (including phenoxy) is 2. The number of hydrogen-bond donors (Lipinski definition) is 2. The first-order chi connectivity index (χ1) is 25.7. The number of nitrogens with zero attached hydrogens (tertiary/aromatic N) is 1. The molecule has 4 aliphatic rings. The second-order valence-electron chi connectivity index (χ2n) is 13.5. The lowest BCUT2D eigenvalue weighted by molar-refractivity contribution is -0.138. The number of carbonyl (C=O) groups is 3. The molecule has 2 saturated carbocycles. The van der Waals surface area contributed by atoms with Crippen molar-refractivity contribution in [3.8, 4) is 11.5 Å². The summed E-state index contributed by atoms with van der Waals surface area (Å²) in [6.45, 7) is 1.26. The number of thiazole rings is 1. The Bertz CT molecular complexity index is 2240. The van der Waals surface area contributed by atoms with Gasteiger partial charge in [0.2, 0.25) is 11.8 Å². The first kappa shape index (κ1) is 36.2. The van der Waals surface area contributed by atoms with Gasteiger partial charge in [-0.25, -0.2) is 4.90 Å². The number of fused-ring (bicyclic) bond motifs is 9. The lowest BCUT2D eigenvalue weighted by atomic mass is 9.68. The van der Waals surface area contributed by atoms with Crippen molar-refractivity contribution in [2.75, 3.05) is 23.4 Å². The molecule has 7 atom stereocenters. The van der Waals surface area contributed by atoms with E-state index < -0.39 is 76.9 Å². The summed E-state index contributed by atoms with van der Waals surface area (Å²) in [6, 6.07) is 14.1. The minimum absolute atomic E-state index is 0.132. The molecule has 2 N–H and O–H groups in total. The van der Waals surface area contributed by atoms with Crippen LogP contribution in [0.1, 0.15) is 40.8 Å². The van der Waals surface area contributed by atoms with Gasteiger partial charge in [0.15, 0.2) is 18.1 Å². The summed E-state index contributed by atoms with van der Waals surface area (Å²) in [7, 11) is 0. The topological polar surface area (TPSA) is 118 Å². The van der Waals surface area contributed by atoms with Crippen molar-refractivity contribution in [2.45, 2.75) is 41.9 Å². The van der Waals surface area contributed by atoms with Crippen molar-refractivity contribution in [3.63, 3.8) is 0 Å². The third kappa shape index (κ3) is 5.95. The fourth-order valence-corrected chi connectivity index (χ4v) is 11.7. The number of imide groups is 1. The van der Waals surface area contributed by atoms with Crippen LogP contribution in [0, 0.1) is 29.6 Å². The number of aromatic nitrogens is 1. The van der Waals surface area contributed by atoms with Gasteiger partial charge < -0.3 is 19.8 Å². The van der Waals surface area contributed by atoms with Crippen LogP contribution in [0.2, 0.25) is 0 Å². The van der Waals surface area contributed by atoms with E-state index in [1.165, 1.54) is 36.0 Å². The first-order valence-electron chi connectivity index (χ1n) is 17.0. The predicted octanol–water partition coefficient (Wildman–Crippen LogP) is 7.57. The maximum Gasteiger partial charge on any atom is 0.418 e. The lowest BCUT2D eigenvalue weighted by Crippen LogP contribution is -2.42. The molecule has 3 heterocycles. The van der Waals surface area contributed by atoms with E-state index in [-0.39, 0.29) is 46.0 Å². The molecule has 17 heteroatoms. The van der Waals surface area contributed by atoms with Crippen molar-refractivity contribution in [2.24, 2.45) is 29.6 Å². The average molecular weight is 790 g/mol. The van der Waals surface area contributed by atoms with Gasteiger partial charge in [-0.3, -0.25) is 19.2 Å². The second-order valence-corrected chi connectivity index (χ2v) is 15.7. The Labute approximate surface area is 311 Å². The fourth-order valence-electron chi connectivity index (χ4n) is 8.81. The maximum atomic E-state index is 14.1. The van der Waals surface area contributed by atoms with Crippen LogP contribution in [0.3, 0.4) is 0 Å². The highest BCUT2D eigenvalue weighted by molar-refractivity contribution is 8.00. The zero-order chi connectivity index (χ0) is 38.3. The Morgan fingerprint density at radius 3 is 2.24 bits per heavy atom. The van der Waals surface area contributed by atoms with Crippen LogP contribution in [0.15, 0.2) is 76.6 Å². The Morgan fingerprint density at radius 2 is 1.54 bits per heavy atom. The Hall–Kier alpha value is -4.77. The van der Waals surface area contributed by atoms with Gasteiger partial charge in [0, 0.05) is 16.0 Å². The van der Waals surface area contributed by atoms with E-state index in [0.717, 1.165) is 35.6 Å². The minimum Gasteiger partial charge on any atom is -0.490 e. The number of para-hydroxylation sites is 2. The molecule has 4 aromatic rings. The van der Waals surface area contributed by atoms with Crippen molar-refractivity contribution < 1.29 is 50.2 Å². The van der Waals surface area contributed by atoms with Gasteiger partial charge in [0.25, 0.3) is 5.91 Å². The molecule has 1 aromatic heterocycles. The van der Waals surface area contributed by atoms with Crippen LogP contribution < -0.4 is 24.6 Å². The van der Waals surface area contributed by atoms with Crippen LogP contribution in [0.25, 0.3) is 0 Å². The number of anilines is 2. The van der Waals surface area contributed by atoms with E-state index in [4.69, 9.17) is 9.47 Å². The number of hydrogen-bond acceptors (Lipinski definition) is 8. The van der Waals surface area contributed by atoms with Crippen molar-refractivity contribution in [1.82, 2.24) is 4.98 Å². The number of nitrogens with one attached hydrogen (secondary N) is 2. The molecule has 54 heavy (non-hydrogen) atoms. The Kier molecular flexibility index (Phi) is 8.86. The van der Waals surface area contributed by atoms with Crippen LogP contribution in [-0.4, -0.2) is 41.2 Å². The number of aromatic amines is 1. The number of H-pyrrole nitrogens is 1. The number of alkyl halides is 6. The zero-order valence-corrected chi connectivity index (χ0v) is 29.6. The molecule has 0 radical (unpaired) electrons. The lowest BCUT2D eigenvalue weighted by Gasteiger charge is -2.43. The van der Waals surface area contributed by atoms with Gasteiger partial charge in [0.05, 0.1) is 46.0 Å². The van der Waals surface area contributed by atoms with Crippen LogP contribution in [0.4, 0.5) is 37.7 Å². The van der Waals surface area contributed by atoms with E-state index in [9.17, 15) is 45.5 Å². The Morgan fingerprint density at radius 1 is 0.870 bits per heavy atom. The van der Waals surface area contributed by atoms with Crippen molar-refractivity contribution in [1.29, 1.82) is 0 Å². The predicted molar refractivity (Wildman–Crippen MR) is 186 cm³/mol. The standard InChI is InChI=1S/C37H29F6N3O6S2/c1-2-51-24-13-16(11-12-23(24)52-15-25(47)44-21-9-5-3-7-19(21)36(38,39)40)26-27-17-14-18(30(27)53-32-31(26)54-35(50)45-32)29-28(17)33(48)46(34(29)49)22-10-6-4-8-20(22)37(41,42)43/h3-13,17-18,26-30H,2,14-15H2,1H3,(H,44,47)(H,45,50)/t17-,18-,26-,27?,28?,29?,30?/m1/s1. The number of rotatable bonds is 8. The van der Waals surface area contributed by atoms with Crippen LogP contribution in [-0.2, 0) is 26.7 Å². The van der Waals surface area contributed by atoms with Gasteiger partial charge in [-0.05, 0) is 73.1 Å². The molecule has 8 rings (SSSR count).